The number of nitriles is 1. The van der Waals surface area contributed by atoms with Crippen LogP contribution in [0.2, 0.25) is 0 Å². The third-order valence-corrected chi connectivity index (χ3v) is 5.62. The predicted molar refractivity (Wildman–Crippen MR) is 88.2 cm³/mol. The van der Waals surface area contributed by atoms with Gasteiger partial charge in [0.2, 0.25) is 5.91 Å². The Morgan fingerprint density at radius 1 is 1.52 bits per heavy atom. The number of benzene rings is 1. The van der Waals surface area contributed by atoms with Crippen molar-refractivity contribution in [1.82, 2.24) is 4.90 Å². The average Bonchev–Trinajstić information content (AvgIpc) is 3.28. The number of methoxy groups -OCH3 is 1. The molecule has 2 fully saturated rings. The van der Waals surface area contributed by atoms with Crippen LogP contribution in [-0.2, 0) is 11.3 Å². The van der Waals surface area contributed by atoms with Crippen LogP contribution in [0.5, 0.6) is 5.75 Å². The highest BCUT2D eigenvalue weighted by molar-refractivity contribution is 6.27. The zero-order valence-corrected chi connectivity index (χ0v) is 14.1. The highest BCUT2D eigenvalue weighted by atomic mass is 35.5. The number of ether oxygens (including phenoxy) is 1. The van der Waals surface area contributed by atoms with Gasteiger partial charge in [-0.15, -0.1) is 11.6 Å². The number of carbonyl (C=O) groups excluding carboxylic acids is 1. The Hall–Kier alpha value is -1.73. The summed E-state index contributed by atoms with van der Waals surface area (Å²) in [6.07, 6.45) is 5.18. The molecule has 1 amide bonds. The fourth-order valence-electron chi connectivity index (χ4n) is 3.69. The molecule has 2 saturated carbocycles. The number of hydrogen-bond acceptors (Lipinski definition) is 3. The first-order valence-electron chi connectivity index (χ1n) is 8.02. The number of halogens is 1. The zero-order valence-electron chi connectivity index (χ0n) is 13.3. The van der Waals surface area contributed by atoms with E-state index in [1.54, 1.807) is 19.2 Å². The van der Waals surface area contributed by atoms with E-state index in [1.165, 1.54) is 25.7 Å². The van der Waals surface area contributed by atoms with Gasteiger partial charge in [-0.3, -0.25) is 4.79 Å². The normalized spacial score (nSPS) is 20.5. The lowest BCUT2D eigenvalue weighted by molar-refractivity contribution is -0.129. The second kappa shape index (κ2) is 6.41. The van der Waals surface area contributed by atoms with Crippen LogP contribution < -0.4 is 4.74 Å². The number of amides is 1. The van der Waals surface area contributed by atoms with Gasteiger partial charge in [-0.1, -0.05) is 12.5 Å². The first kappa shape index (κ1) is 16.1. The number of nitrogens with zero attached hydrogens (tertiary/aromatic N) is 2. The zero-order chi connectivity index (χ0) is 16.4. The summed E-state index contributed by atoms with van der Waals surface area (Å²) in [5.41, 5.74) is 1.99. The maximum absolute atomic E-state index is 12.2. The van der Waals surface area contributed by atoms with E-state index in [9.17, 15) is 4.79 Å². The highest BCUT2D eigenvalue weighted by Crippen LogP contribution is 2.65. The molecular formula is C18H21ClN2O2. The van der Waals surface area contributed by atoms with Crippen molar-refractivity contribution in [2.45, 2.75) is 32.2 Å². The van der Waals surface area contributed by atoms with Gasteiger partial charge in [0, 0.05) is 18.7 Å². The molecule has 0 aromatic heterocycles. The Kier molecular flexibility index (Phi) is 4.50. The SMILES string of the molecule is COc1cc(C#N)ccc1CN(CC1CC12CCC2)C(=O)CCl. The smallest absolute Gasteiger partial charge is 0.237 e. The largest absolute Gasteiger partial charge is 0.496 e. The monoisotopic (exact) mass is 332 g/mol. The summed E-state index contributed by atoms with van der Waals surface area (Å²) in [4.78, 5) is 14.1. The third kappa shape index (κ3) is 3.16. The van der Waals surface area contributed by atoms with Crippen LogP contribution in [0.4, 0.5) is 0 Å². The van der Waals surface area contributed by atoms with Crippen LogP contribution in [0.1, 0.15) is 36.8 Å². The van der Waals surface area contributed by atoms with Gasteiger partial charge < -0.3 is 9.64 Å². The molecule has 1 aromatic rings. The minimum absolute atomic E-state index is 0.00167. The minimum Gasteiger partial charge on any atom is -0.496 e. The molecule has 2 aliphatic carbocycles. The summed E-state index contributed by atoms with van der Waals surface area (Å²) < 4.78 is 5.37. The standard InChI is InChI=1S/C18H21ClN2O2/c1-23-16-7-13(10-20)3-4-14(16)11-21(17(22)9-19)12-15-8-18(15)5-2-6-18/h3-4,7,15H,2,5-6,8-9,11-12H2,1H3. The van der Waals surface area contributed by atoms with Gasteiger partial charge in [-0.25, -0.2) is 0 Å². The second-order valence-electron chi connectivity index (χ2n) is 6.66. The lowest BCUT2D eigenvalue weighted by Crippen LogP contribution is -2.35. The Morgan fingerprint density at radius 2 is 2.30 bits per heavy atom. The number of hydrogen-bond donors (Lipinski definition) is 0. The van der Waals surface area contributed by atoms with Crippen molar-refractivity contribution in [3.63, 3.8) is 0 Å². The lowest BCUT2D eigenvalue weighted by Gasteiger charge is -2.29. The van der Waals surface area contributed by atoms with Crippen molar-refractivity contribution in [2.24, 2.45) is 11.3 Å². The average molecular weight is 333 g/mol. The van der Waals surface area contributed by atoms with Crippen LogP contribution >= 0.6 is 11.6 Å². The van der Waals surface area contributed by atoms with Crippen LogP contribution in [0.25, 0.3) is 0 Å². The van der Waals surface area contributed by atoms with Gasteiger partial charge in [0.15, 0.2) is 0 Å². The number of carbonyl (C=O) groups is 1. The maximum Gasteiger partial charge on any atom is 0.237 e. The van der Waals surface area contributed by atoms with Crippen LogP contribution in [-0.4, -0.2) is 30.3 Å². The maximum atomic E-state index is 12.2. The van der Waals surface area contributed by atoms with Crippen molar-refractivity contribution < 1.29 is 9.53 Å². The van der Waals surface area contributed by atoms with Gasteiger partial charge in [0.05, 0.1) is 18.7 Å². The Bertz CT molecular complexity index is 649. The lowest BCUT2D eigenvalue weighted by atomic mass is 9.80. The summed E-state index contributed by atoms with van der Waals surface area (Å²) in [7, 11) is 1.58. The third-order valence-electron chi connectivity index (χ3n) is 5.39. The molecular weight excluding hydrogens is 312 g/mol. The molecule has 4 nitrogen and oxygen atoms in total. The van der Waals surface area contributed by atoms with Crippen molar-refractivity contribution >= 4 is 17.5 Å². The molecule has 0 heterocycles. The fraction of sp³-hybridized carbons (Fsp3) is 0.556. The topological polar surface area (TPSA) is 53.3 Å². The van der Waals surface area contributed by atoms with E-state index in [-0.39, 0.29) is 11.8 Å². The van der Waals surface area contributed by atoms with Gasteiger partial charge in [-0.05, 0) is 42.7 Å². The summed E-state index contributed by atoms with van der Waals surface area (Å²) in [6.45, 7) is 1.25. The molecule has 0 saturated heterocycles. The van der Waals surface area contributed by atoms with E-state index in [2.05, 4.69) is 6.07 Å². The number of rotatable bonds is 6. The summed E-state index contributed by atoms with van der Waals surface area (Å²) >= 11 is 5.79. The highest BCUT2D eigenvalue weighted by Gasteiger charge is 2.57. The predicted octanol–water partition coefficient (Wildman–Crippen LogP) is 3.32. The van der Waals surface area contributed by atoms with Gasteiger partial charge >= 0.3 is 0 Å². The summed E-state index contributed by atoms with van der Waals surface area (Å²) in [5, 5.41) is 8.99. The Balaban J connectivity index is 1.73. The van der Waals surface area contributed by atoms with Gasteiger partial charge in [0.1, 0.15) is 11.6 Å². The second-order valence-corrected chi connectivity index (χ2v) is 6.93. The van der Waals surface area contributed by atoms with Gasteiger partial charge in [0.25, 0.3) is 0 Å². The molecule has 1 atom stereocenters. The van der Waals surface area contributed by atoms with E-state index >= 15 is 0 Å². The van der Waals surface area contributed by atoms with E-state index < -0.39 is 0 Å². The van der Waals surface area contributed by atoms with E-state index in [0.29, 0.717) is 29.2 Å². The molecule has 3 rings (SSSR count). The van der Waals surface area contributed by atoms with Gasteiger partial charge in [-0.2, -0.15) is 5.26 Å². The Labute approximate surface area is 142 Å². The Morgan fingerprint density at radius 3 is 2.83 bits per heavy atom. The quantitative estimate of drug-likeness (QED) is 0.751. The summed E-state index contributed by atoms with van der Waals surface area (Å²) in [5.74, 6) is 1.22. The van der Waals surface area contributed by atoms with E-state index in [1.807, 2.05) is 11.0 Å². The first-order chi connectivity index (χ1) is 11.1. The van der Waals surface area contributed by atoms with Crippen LogP contribution in [0.15, 0.2) is 18.2 Å². The minimum atomic E-state index is -0.0422. The molecule has 23 heavy (non-hydrogen) atoms. The van der Waals surface area contributed by atoms with Crippen LogP contribution in [0.3, 0.4) is 0 Å². The van der Waals surface area contributed by atoms with Crippen molar-refractivity contribution in [2.75, 3.05) is 19.5 Å². The molecule has 122 valence electrons. The van der Waals surface area contributed by atoms with Crippen LogP contribution in [0, 0.1) is 22.7 Å². The molecule has 2 aliphatic rings. The van der Waals surface area contributed by atoms with Crippen molar-refractivity contribution in [3.8, 4) is 11.8 Å². The van der Waals surface area contributed by atoms with Crippen molar-refractivity contribution in [3.05, 3.63) is 29.3 Å². The first-order valence-corrected chi connectivity index (χ1v) is 8.56. The van der Waals surface area contributed by atoms with Crippen molar-refractivity contribution in [1.29, 1.82) is 5.26 Å². The molecule has 0 radical (unpaired) electrons. The fourth-order valence-corrected chi connectivity index (χ4v) is 3.86. The number of alkyl halides is 1. The molecule has 0 aliphatic heterocycles. The molecule has 1 spiro atoms. The molecule has 0 N–H and O–H groups in total. The summed E-state index contributed by atoms with van der Waals surface area (Å²) in [6, 6.07) is 7.43. The molecule has 0 bridgehead atoms. The molecule has 1 aromatic carbocycles. The van der Waals surface area contributed by atoms with E-state index in [4.69, 9.17) is 21.6 Å². The van der Waals surface area contributed by atoms with E-state index in [0.717, 1.165) is 12.1 Å². The molecule has 1 unspecified atom stereocenters. The molecule has 5 heteroatoms.